The molecule has 0 unspecified atom stereocenters. The van der Waals surface area contributed by atoms with Gasteiger partial charge in [0.15, 0.2) is 9.84 Å². The number of nitrogens with zero attached hydrogens (tertiary/aromatic N) is 1. The molecule has 3 rings (SSSR count). The number of amides is 3. The van der Waals surface area contributed by atoms with Crippen LogP contribution in [0.5, 0.6) is 0 Å². The number of imide groups is 1. The number of sulfone groups is 1. The molecular formula is C23H26N2O5S. The average Bonchev–Trinajstić information content (AvgIpc) is 2.96. The van der Waals surface area contributed by atoms with Gasteiger partial charge in [-0.3, -0.25) is 19.3 Å². The largest absolute Gasteiger partial charge is 0.348 e. The van der Waals surface area contributed by atoms with Gasteiger partial charge in [0.05, 0.1) is 22.1 Å². The SMILES string of the molecule is CC(C)C[C@H](C(=O)N[C@@H](C)c1ccc(S(C)(=O)=O)cc1)N1C(=O)c2ccccc2C1=O. The zero-order chi connectivity index (χ0) is 22.9. The van der Waals surface area contributed by atoms with E-state index in [1.54, 1.807) is 43.3 Å². The molecule has 0 saturated carbocycles. The summed E-state index contributed by atoms with van der Waals surface area (Å²) in [7, 11) is -3.31. The van der Waals surface area contributed by atoms with Gasteiger partial charge >= 0.3 is 0 Å². The van der Waals surface area contributed by atoms with E-state index in [0.29, 0.717) is 23.1 Å². The van der Waals surface area contributed by atoms with Crippen LogP contribution in [0.2, 0.25) is 0 Å². The third kappa shape index (κ3) is 4.69. The lowest BCUT2D eigenvalue weighted by molar-refractivity contribution is -0.126. The van der Waals surface area contributed by atoms with Crippen molar-refractivity contribution >= 4 is 27.6 Å². The molecule has 1 aliphatic rings. The van der Waals surface area contributed by atoms with Crippen molar-refractivity contribution in [2.24, 2.45) is 5.92 Å². The summed E-state index contributed by atoms with van der Waals surface area (Å²) in [4.78, 5) is 40.2. The van der Waals surface area contributed by atoms with E-state index in [4.69, 9.17) is 0 Å². The van der Waals surface area contributed by atoms with Crippen LogP contribution < -0.4 is 5.32 Å². The molecule has 2 aromatic rings. The van der Waals surface area contributed by atoms with Crippen LogP contribution in [0, 0.1) is 5.92 Å². The maximum atomic E-state index is 13.2. The topological polar surface area (TPSA) is 101 Å². The molecule has 2 aromatic carbocycles. The first-order valence-electron chi connectivity index (χ1n) is 10.1. The van der Waals surface area contributed by atoms with Gasteiger partial charge in [0.1, 0.15) is 6.04 Å². The summed E-state index contributed by atoms with van der Waals surface area (Å²) in [5.41, 5.74) is 1.32. The summed E-state index contributed by atoms with van der Waals surface area (Å²) in [6, 6.07) is 11.4. The maximum absolute atomic E-state index is 13.2. The molecule has 0 fully saturated rings. The summed E-state index contributed by atoms with van der Waals surface area (Å²) in [5, 5.41) is 2.87. The molecule has 31 heavy (non-hydrogen) atoms. The van der Waals surface area contributed by atoms with Gasteiger partial charge in [-0.25, -0.2) is 8.42 Å². The van der Waals surface area contributed by atoms with Gasteiger partial charge in [-0.05, 0) is 49.1 Å². The van der Waals surface area contributed by atoms with Crippen LogP contribution in [-0.4, -0.2) is 43.3 Å². The van der Waals surface area contributed by atoms with Crippen molar-refractivity contribution in [3.63, 3.8) is 0 Å². The highest BCUT2D eigenvalue weighted by molar-refractivity contribution is 7.90. The molecule has 2 atom stereocenters. The third-order valence-electron chi connectivity index (χ3n) is 5.30. The number of rotatable bonds is 7. The first kappa shape index (κ1) is 22.7. The summed E-state index contributed by atoms with van der Waals surface area (Å²) in [6.07, 6.45) is 1.46. The van der Waals surface area contributed by atoms with Crippen molar-refractivity contribution < 1.29 is 22.8 Å². The van der Waals surface area contributed by atoms with E-state index >= 15 is 0 Å². The fraction of sp³-hybridized carbons (Fsp3) is 0.348. The molecule has 1 aliphatic heterocycles. The normalized spacial score (nSPS) is 15.7. The highest BCUT2D eigenvalue weighted by atomic mass is 32.2. The molecule has 0 spiro atoms. The average molecular weight is 443 g/mol. The van der Waals surface area contributed by atoms with E-state index in [0.717, 1.165) is 11.2 Å². The van der Waals surface area contributed by atoms with Crippen LogP contribution in [0.4, 0.5) is 0 Å². The molecule has 0 aliphatic carbocycles. The molecule has 0 radical (unpaired) electrons. The molecule has 0 bridgehead atoms. The quantitative estimate of drug-likeness (QED) is 0.665. The number of nitrogens with one attached hydrogen (secondary N) is 1. The molecule has 1 N–H and O–H groups in total. The fourth-order valence-corrected chi connectivity index (χ4v) is 4.29. The van der Waals surface area contributed by atoms with Gasteiger partial charge in [-0.15, -0.1) is 0 Å². The summed E-state index contributed by atoms with van der Waals surface area (Å²) >= 11 is 0. The van der Waals surface area contributed by atoms with Crippen molar-refractivity contribution in [2.75, 3.05) is 6.26 Å². The minimum Gasteiger partial charge on any atom is -0.348 e. The Hall–Kier alpha value is -3.00. The van der Waals surface area contributed by atoms with Crippen molar-refractivity contribution in [2.45, 2.75) is 44.2 Å². The van der Waals surface area contributed by atoms with Gasteiger partial charge in [-0.1, -0.05) is 38.1 Å². The standard InChI is InChI=1S/C23H26N2O5S/c1-14(2)13-20(25-22(27)18-7-5-6-8-19(18)23(25)28)21(26)24-15(3)16-9-11-17(12-10-16)31(4,29)30/h5-12,14-15,20H,13H2,1-4H3,(H,24,26)/t15-,20+/m0/s1. The predicted octanol–water partition coefficient (Wildman–Crippen LogP) is 2.98. The first-order chi connectivity index (χ1) is 14.5. The van der Waals surface area contributed by atoms with E-state index in [-0.39, 0.29) is 10.8 Å². The van der Waals surface area contributed by atoms with Crippen molar-refractivity contribution in [1.29, 1.82) is 0 Å². The molecular weight excluding hydrogens is 416 g/mol. The van der Waals surface area contributed by atoms with E-state index in [1.165, 1.54) is 12.1 Å². The Morgan fingerprint density at radius 3 is 1.90 bits per heavy atom. The van der Waals surface area contributed by atoms with E-state index < -0.39 is 39.6 Å². The Morgan fingerprint density at radius 1 is 0.935 bits per heavy atom. The maximum Gasteiger partial charge on any atom is 0.262 e. The lowest BCUT2D eigenvalue weighted by Crippen LogP contribution is -2.50. The summed E-state index contributed by atoms with van der Waals surface area (Å²) in [5.74, 6) is -1.29. The molecule has 1 heterocycles. The van der Waals surface area contributed by atoms with Gasteiger partial charge in [-0.2, -0.15) is 0 Å². The number of carbonyl (C=O) groups excluding carboxylic acids is 3. The Morgan fingerprint density at radius 2 is 1.45 bits per heavy atom. The Labute approximate surface area is 182 Å². The van der Waals surface area contributed by atoms with Gasteiger partial charge in [0.2, 0.25) is 5.91 Å². The monoisotopic (exact) mass is 442 g/mol. The van der Waals surface area contributed by atoms with Crippen molar-refractivity contribution in [3.05, 3.63) is 65.2 Å². The van der Waals surface area contributed by atoms with Crippen LogP contribution >= 0.6 is 0 Å². The zero-order valence-electron chi connectivity index (χ0n) is 18.0. The molecule has 164 valence electrons. The van der Waals surface area contributed by atoms with Crippen LogP contribution in [0.15, 0.2) is 53.4 Å². The van der Waals surface area contributed by atoms with E-state index in [9.17, 15) is 22.8 Å². The van der Waals surface area contributed by atoms with Gasteiger partial charge < -0.3 is 5.32 Å². The van der Waals surface area contributed by atoms with Crippen LogP contribution in [-0.2, 0) is 14.6 Å². The van der Waals surface area contributed by atoms with Crippen LogP contribution in [0.3, 0.4) is 0 Å². The minimum atomic E-state index is -3.31. The zero-order valence-corrected chi connectivity index (χ0v) is 18.8. The van der Waals surface area contributed by atoms with Crippen LogP contribution in [0.1, 0.15) is 59.5 Å². The van der Waals surface area contributed by atoms with Crippen molar-refractivity contribution in [1.82, 2.24) is 10.2 Å². The highest BCUT2D eigenvalue weighted by Crippen LogP contribution is 2.27. The van der Waals surface area contributed by atoms with Gasteiger partial charge in [0, 0.05) is 6.26 Å². The lowest BCUT2D eigenvalue weighted by Gasteiger charge is -2.28. The molecule has 3 amide bonds. The first-order valence-corrected chi connectivity index (χ1v) is 12.0. The lowest BCUT2D eigenvalue weighted by atomic mass is 10.0. The van der Waals surface area contributed by atoms with E-state index in [1.807, 2.05) is 13.8 Å². The second-order valence-corrected chi connectivity index (χ2v) is 10.3. The molecule has 7 nitrogen and oxygen atoms in total. The smallest absolute Gasteiger partial charge is 0.262 e. The second kappa shape index (κ2) is 8.63. The number of hydrogen-bond acceptors (Lipinski definition) is 5. The van der Waals surface area contributed by atoms with Crippen LogP contribution in [0.25, 0.3) is 0 Å². The minimum absolute atomic E-state index is 0.0735. The number of carbonyl (C=O) groups is 3. The highest BCUT2D eigenvalue weighted by Gasteiger charge is 2.42. The fourth-order valence-electron chi connectivity index (χ4n) is 3.66. The third-order valence-corrected chi connectivity index (χ3v) is 6.43. The van der Waals surface area contributed by atoms with Crippen molar-refractivity contribution in [3.8, 4) is 0 Å². The second-order valence-electron chi connectivity index (χ2n) is 8.24. The Bertz CT molecular complexity index is 1090. The number of benzene rings is 2. The number of hydrogen-bond donors (Lipinski definition) is 1. The summed E-state index contributed by atoms with van der Waals surface area (Å²) < 4.78 is 23.3. The molecule has 0 saturated heterocycles. The number of fused-ring (bicyclic) bond motifs is 1. The molecule has 0 aromatic heterocycles. The van der Waals surface area contributed by atoms with Gasteiger partial charge in [0.25, 0.3) is 11.8 Å². The van der Waals surface area contributed by atoms with E-state index in [2.05, 4.69) is 5.32 Å². The Balaban J connectivity index is 1.83. The molecule has 8 heteroatoms. The Kier molecular flexibility index (Phi) is 6.31. The summed E-state index contributed by atoms with van der Waals surface area (Å²) in [6.45, 7) is 5.61. The predicted molar refractivity (Wildman–Crippen MR) is 116 cm³/mol.